The van der Waals surface area contributed by atoms with Crippen molar-refractivity contribution >= 4 is 33.5 Å². The fraction of sp³-hybridized carbons (Fsp3) is 0.556. The third-order valence-corrected chi connectivity index (χ3v) is 4.73. The number of nitrogens with zero attached hydrogens (tertiary/aromatic N) is 1. The zero-order valence-corrected chi connectivity index (χ0v) is 16.3. The van der Waals surface area contributed by atoms with E-state index in [1.807, 2.05) is 32.9 Å². The summed E-state index contributed by atoms with van der Waals surface area (Å²) in [5.41, 5.74) is 7.48. The maximum atomic E-state index is 12.3. The van der Waals surface area contributed by atoms with E-state index >= 15 is 0 Å². The predicted octanol–water partition coefficient (Wildman–Crippen LogP) is 4.35. The third kappa shape index (κ3) is 4.50. The number of Topliss-reactive ketones (excluding diaryl/α,β-unsaturated/α-hetero) is 1. The number of rotatable bonds is 2. The molecule has 1 atom stereocenters. The van der Waals surface area contributed by atoms with Crippen LogP contribution in [0.4, 0.5) is 10.5 Å². The summed E-state index contributed by atoms with van der Waals surface area (Å²) < 4.78 is 6.19. The molecule has 5 nitrogen and oxygen atoms in total. The molecular weight excluding hydrogens is 372 g/mol. The number of piperidine rings is 1. The number of benzene rings is 1. The van der Waals surface area contributed by atoms with Crippen molar-refractivity contribution in [2.45, 2.75) is 52.1 Å². The van der Waals surface area contributed by atoms with Gasteiger partial charge in [-0.1, -0.05) is 0 Å². The van der Waals surface area contributed by atoms with Gasteiger partial charge in [0.1, 0.15) is 5.60 Å². The number of halogens is 1. The molecule has 1 heterocycles. The molecule has 2 rings (SSSR count). The van der Waals surface area contributed by atoms with Crippen molar-refractivity contribution in [1.82, 2.24) is 4.90 Å². The van der Waals surface area contributed by atoms with E-state index in [0.717, 1.165) is 22.9 Å². The van der Waals surface area contributed by atoms with E-state index in [4.69, 9.17) is 10.5 Å². The van der Waals surface area contributed by atoms with Crippen LogP contribution in [-0.2, 0) is 4.74 Å². The van der Waals surface area contributed by atoms with Crippen LogP contribution in [0.2, 0.25) is 0 Å². The third-order valence-electron chi connectivity index (χ3n) is 4.08. The molecule has 1 fully saturated rings. The van der Waals surface area contributed by atoms with Gasteiger partial charge in [0.2, 0.25) is 0 Å². The Balaban J connectivity index is 2.21. The molecule has 1 amide bonds. The number of hydrogen-bond donors (Lipinski definition) is 1. The second-order valence-electron chi connectivity index (χ2n) is 7.29. The molecular formula is C18H25BrN2O3. The molecule has 6 heteroatoms. The Morgan fingerprint density at radius 2 is 2.00 bits per heavy atom. The summed E-state index contributed by atoms with van der Waals surface area (Å²) in [5, 5.41) is 0. The van der Waals surface area contributed by atoms with Gasteiger partial charge in [-0.3, -0.25) is 4.79 Å². The van der Waals surface area contributed by atoms with E-state index in [-0.39, 0.29) is 17.8 Å². The smallest absolute Gasteiger partial charge is 0.410 e. The van der Waals surface area contributed by atoms with Crippen molar-refractivity contribution in [2.75, 3.05) is 18.8 Å². The molecule has 0 aromatic heterocycles. The summed E-state index contributed by atoms with van der Waals surface area (Å²) in [5.74, 6) is 0.108. The van der Waals surface area contributed by atoms with Crippen LogP contribution in [0.15, 0.2) is 16.6 Å². The summed E-state index contributed by atoms with van der Waals surface area (Å²) in [6.07, 6.45) is 1.59. The van der Waals surface area contributed by atoms with Crippen LogP contribution in [-0.4, -0.2) is 35.5 Å². The van der Waals surface area contributed by atoms with Crippen LogP contribution in [0.25, 0.3) is 0 Å². The highest BCUT2D eigenvalue weighted by atomic mass is 79.9. The minimum absolute atomic E-state index is 0.0603. The van der Waals surface area contributed by atoms with Crippen LogP contribution < -0.4 is 5.73 Å². The number of likely N-dealkylation sites (tertiary alicyclic amines) is 1. The van der Waals surface area contributed by atoms with Gasteiger partial charge in [-0.05, 0) is 74.2 Å². The van der Waals surface area contributed by atoms with Crippen LogP contribution in [0.5, 0.6) is 0 Å². The zero-order chi connectivity index (χ0) is 18.1. The van der Waals surface area contributed by atoms with E-state index < -0.39 is 5.60 Å². The molecule has 0 aliphatic carbocycles. The van der Waals surface area contributed by atoms with Gasteiger partial charge in [0, 0.05) is 29.0 Å². The number of ketones is 1. The first kappa shape index (κ1) is 18.8. The first-order chi connectivity index (χ1) is 11.1. The highest BCUT2D eigenvalue weighted by Gasteiger charge is 2.29. The predicted molar refractivity (Wildman–Crippen MR) is 98.3 cm³/mol. The first-order valence-corrected chi connectivity index (χ1v) is 8.95. The molecule has 1 aliphatic rings. The molecule has 0 spiro atoms. The molecule has 24 heavy (non-hydrogen) atoms. The average Bonchev–Trinajstić information content (AvgIpc) is 2.48. The van der Waals surface area contributed by atoms with Gasteiger partial charge < -0.3 is 15.4 Å². The molecule has 2 N–H and O–H groups in total. The maximum Gasteiger partial charge on any atom is 0.410 e. The van der Waals surface area contributed by atoms with Gasteiger partial charge in [-0.2, -0.15) is 0 Å². The Bertz CT molecular complexity index is 652. The summed E-state index contributed by atoms with van der Waals surface area (Å²) in [6.45, 7) is 8.38. The van der Waals surface area contributed by atoms with E-state index in [9.17, 15) is 9.59 Å². The molecule has 0 radical (unpaired) electrons. The summed E-state index contributed by atoms with van der Waals surface area (Å²) >= 11 is 3.43. The normalized spacial score (nSPS) is 18.4. The van der Waals surface area contributed by atoms with Gasteiger partial charge in [0.05, 0.1) is 5.69 Å². The molecule has 132 valence electrons. The standard InChI is InChI=1S/C18H25BrN2O3/c1-11(22)14-8-13(9-15(19)16(14)20)12-6-5-7-21(10-12)17(23)24-18(2,3)4/h8-9,12H,5-7,10,20H2,1-4H3. The molecule has 0 bridgehead atoms. The van der Waals surface area contributed by atoms with Gasteiger partial charge in [0.25, 0.3) is 0 Å². The Morgan fingerprint density at radius 3 is 2.58 bits per heavy atom. The van der Waals surface area contributed by atoms with Crippen molar-refractivity contribution in [1.29, 1.82) is 0 Å². The van der Waals surface area contributed by atoms with Crippen molar-refractivity contribution in [3.05, 3.63) is 27.7 Å². The molecule has 1 saturated heterocycles. The van der Waals surface area contributed by atoms with Crippen molar-refractivity contribution in [2.24, 2.45) is 0 Å². The van der Waals surface area contributed by atoms with E-state index in [2.05, 4.69) is 15.9 Å². The lowest BCUT2D eigenvalue weighted by molar-refractivity contribution is 0.0198. The van der Waals surface area contributed by atoms with Gasteiger partial charge in [-0.15, -0.1) is 0 Å². The highest BCUT2D eigenvalue weighted by Crippen LogP contribution is 2.33. The average molecular weight is 397 g/mol. The topological polar surface area (TPSA) is 72.6 Å². The minimum Gasteiger partial charge on any atom is -0.444 e. The number of hydrogen-bond acceptors (Lipinski definition) is 4. The monoisotopic (exact) mass is 396 g/mol. The minimum atomic E-state index is -0.504. The van der Waals surface area contributed by atoms with Gasteiger partial charge in [-0.25, -0.2) is 4.79 Å². The SMILES string of the molecule is CC(=O)c1cc(C2CCCN(C(=O)OC(C)(C)C)C2)cc(Br)c1N. The Kier molecular flexibility index (Phi) is 5.58. The zero-order valence-electron chi connectivity index (χ0n) is 14.7. The number of carbonyl (C=O) groups is 2. The molecule has 0 saturated carbocycles. The number of nitrogen functional groups attached to an aromatic ring is 1. The quantitative estimate of drug-likeness (QED) is 0.595. The lowest BCUT2D eigenvalue weighted by atomic mass is 9.89. The first-order valence-electron chi connectivity index (χ1n) is 8.16. The Hall–Kier alpha value is -1.56. The van der Waals surface area contributed by atoms with E-state index in [1.54, 1.807) is 4.90 Å². The summed E-state index contributed by atoms with van der Waals surface area (Å²) in [4.78, 5) is 25.9. The molecule has 1 aromatic rings. The van der Waals surface area contributed by atoms with Crippen molar-refractivity contribution in [3.8, 4) is 0 Å². The number of amides is 1. The highest BCUT2D eigenvalue weighted by molar-refractivity contribution is 9.10. The van der Waals surface area contributed by atoms with Crippen LogP contribution in [0.1, 0.15) is 62.4 Å². The Labute approximate surface area is 151 Å². The largest absolute Gasteiger partial charge is 0.444 e. The number of nitrogens with two attached hydrogens (primary N) is 1. The summed E-state index contributed by atoms with van der Waals surface area (Å²) in [6, 6.07) is 3.80. The number of ether oxygens (including phenoxy) is 1. The second-order valence-corrected chi connectivity index (χ2v) is 8.14. The van der Waals surface area contributed by atoms with Crippen molar-refractivity contribution < 1.29 is 14.3 Å². The second kappa shape index (κ2) is 7.13. The number of anilines is 1. The Morgan fingerprint density at radius 1 is 1.33 bits per heavy atom. The van der Waals surface area contributed by atoms with Crippen LogP contribution in [0, 0.1) is 0 Å². The molecule has 1 unspecified atom stereocenters. The fourth-order valence-electron chi connectivity index (χ4n) is 2.91. The van der Waals surface area contributed by atoms with Crippen LogP contribution in [0.3, 0.4) is 0 Å². The number of carbonyl (C=O) groups excluding carboxylic acids is 2. The van der Waals surface area contributed by atoms with Crippen LogP contribution >= 0.6 is 15.9 Å². The lowest BCUT2D eigenvalue weighted by Crippen LogP contribution is -2.42. The lowest BCUT2D eigenvalue weighted by Gasteiger charge is -2.34. The van der Waals surface area contributed by atoms with E-state index in [0.29, 0.717) is 24.3 Å². The van der Waals surface area contributed by atoms with Gasteiger partial charge in [0.15, 0.2) is 5.78 Å². The van der Waals surface area contributed by atoms with Gasteiger partial charge >= 0.3 is 6.09 Å². The van der Waals surface area contributed by atoms with Crippen molar-refractivity contribution in [3.63, 3.8) is 0 Å². The summed E-state index contributed by atoms with van der Waals surface area (Å²) in [7, 11) is 0. The fourth-order valence-corrected chi connectivity index (χ4v) is 3.39. The molecule has 1 aromatic carbocycles. The maximum absolute atomic E-state index is 12.3. The molecule has 1 aliphatic heterocycles. The van der Waals surface area contributed by atoms with E-state index in [1.165, 1.54) is 6.92 Å².